The molecule has 29 heavy (non-hydrogen) atoms. The Kier molecular flexibility index (Phi) is 7.53. The van der Waals surface area contributed by atoms with Gasteiger partial charge in [-0.05, 0) is 73.8 Å². The normalized spacial score (nSPS) is 30.1. The first-order valence-corrected chi connectivity index (χ1v) is 11.3. The molecule has 1 N–H and O–H groups in total. The van der Waals surface area contributed by atoms with Crippen molar-refractivity contribution in [2.24, 2.45) is 23.7 Å². The number of rotatable bonds is 7. The summed E-state index contributed by atoms with van der Waals surface area (Å²) in [5, 5.41) is 9.54. The molecule has 2 aliphatic carbocycles. The average molecular weight is 409 g/mol. The van der Waals surface area contributed by atoms with E-state index in [1.54, 1.807) is 6.07 Å². The molecule has 0 radical (unpaired) electrons. The summed E-state index contributed by atoms with van der Waals surface area (Å²) in [4.78, 5) is 11.6. The first-order chi connectivity index (χ1) is 14.0. The summed E-state index contributed by atoms with van der Waals surface area (Å²) in [6.07, 6.45) is 8.30. The molecule has 2 saturated carbocycles. The molecule has 0 unspecified atom stereocenters. The average Bonchev–Trinajstić information content (AvgIpc) is 2.74. The fourth-order valence-electron chi connectivity index (χ4n) is 5.52. The van der Waals surface area contributed by atoms with Crippen LogP contribution in [0.5, 0.6) is 5.75 Å². The maximum Gasteiger partial charge on any atom is 0.306 e. The molecule has 5 heteroatoms. The molecule has 0 bridgehead atoms. The van der Waals surface area contributed by atoms with Gasteiger partial charge in [0.25, 0.3) is 0 Å². The van der Waals surface area contributed by atoms with Crippen LogP contribution in [0, 0.1) is 35.3 Å². The topological polar surface area (TPSA) is 46.5 Å². The van der Waals surface area contributed by atoms with Gasteiger partial charge in [0.2, 0.25) is 5.82 Å². The molecule has 0 spiro atoms. The lowest BCUT2D eigenvalue weighted by Crippen LogP contribution is -2.34. The highest BCUT2D eigenvalue weighted by Gasteiger charge is 2.41. The highest BCUT2D eigenvalue weighted by molar-refractivity contribution is 5.70. The first-order valence-electron chi connectivity index (χ1n) is 11.3. The van der Waals surface area contributed by atoms with Gasteiger partial charge < -0.3 is 9.84 Å². The molecule has 2 aliphatic rings. The van der Waals surface area contributed by atoms with Gasteiger partial charge in [-0.25, -0.2) is 4.39 Å². The third-order valence-corrected chi connectivity index (χ3v) is 7.27. The van der Waals surface area contributed by atoms with Crippen LogP contribution in [0.4, 0.5) is 8.78 Å². The number of ether oxygens (including phenoxy) is 1. The largest absolute Gasteiger partial charge is 0.490 e. The molecule has 1 aromatic carbocycles. The zero-order chi connectivity index (χ0) is 21.0. The van der Waals surface area contributed by atoms with Crippen LogP contribution >= 0.6 is 0 Å². The summed E-state index contributed by atoms with van der Waals surface area (Å²) in [6, 6.07) is 3.14. The zero-order valence-corrected chi connectivity index (χ0v) is 17.6. The molecule has 0 amide bonds. The second kappa shape index (κ2) is 9.90. The summed E-state index contributed by atoms with van der Waals surface area (Å²) in [5.41, 5.74) is 0.333. The molecular weight excluding hydrogens is 374 g/mol. The van der Waals surface area contributed by atoms with E-state index in [-0.39, 0.29) is 17.6 Å². The van der Waals surface area contributed by atoms with Crippen LogP contribution in [0.25, 0.3) is 0 Å². The maximum absolute atomic E-state index is 15.1. The quantitative estimate of drug-likeness (QED) is 0.556. The number of halogens is 2. The number of carbonyl (C=O) groups is 1. The highest BCUT2D eigenvalue weighted by atomic mass is 19.2. The van der Waals surface area contributed by atoms with Crippen molar-refractivity contribution in [3.8, 4) is 5.75 Å². The van der Waals surface area contributed by atoms with Crippen molar-refractivity contribution in [2.75, 3.05) is 6.61 Å². The Balaban J connectivity index is 1.86. The lowest BCUT2D eigenvalue weighted by molar-refractivity contribution is -0.143. The van der Waals surface area contributed by atoms with Crippen molar-refractivity contribution >= 4 is 5.97 Å². The molecule has 3 atom stereocenters. The van der Waals surface area contributed by atoms with Crippen LogP contribution in [-0.4, -0.2) is 17.7 Å². The van der Waals surface area contributed by atoms with Crippen molar-refractivity contribution in [2.45, 2.75) is 77.6 Å². The van der Waals surface area contributed by atoms with Gasteiger partial charge in [-0.2, -0.15) is 4.39 Å². The van der Waals surface area contributed by atoms with Gasteiger partial charge in [-0.1, -0.05) is 39.2 Å². The number of hydrogen-bond acceptors (Lipinski definition) is 2. The first kappa shape index (κ1) is 22.0. The van der Waals surface area contributed by atoms with Crippen molar-refractivity contribution in [1.82, 2.24) is 0 Å². The Morgan fingerprint density at radius 2 is 1.79 bits per heavy atom. The summed E-state index contributed by atoms with van der Waals surface area (Å²) < 4.78 is 35.0. The van der Waals surface area contributed by atoms with Crippen molar-refractivity contribution in [3.63, 3.8) is 0 Å². The van der Waals surface area contributed by atoms with Crippen LogP contribution in [-0.2, 0) is 4.79 Å². The van der Waals surface area contributed by atoms with Gasteiger partial charge in [0.1, 0.15) is 0 Å². The number of carboxylic acid groups (broad SMARTS) is 1. The van der Waals surface area contributed by atoms with Gasteiger partial charge in [-0.15, -0.1) is 0 Å². The van der Waals surface area contributed by atoms with E-state index in [0.29, 0.717) is 37.4 Å². The van der Waals surface area contributed by atoms with Crippen molar-refractivity contribution in [1.29, 1.82) is 0 Å². The predicted molar refractivity (Wildman–Crippen MR) is 109 cm³/mol. The van der Waals surface area contributed by atoms with E-state index < -0.39 is 23.5 Å². The number of hydrogen-bond donors (Lipinski definition) is 1. The van der Waals surface area contributed by atoms with E-state index in [4.69, 9.17) is 4.74 Å². The SMILES string of the molecule is CCCOc1ccc([C@H]2C[C@H](C(=O)O)CC[C@H]2C2CCC(CC)CC2)c(F)c1F. The van der Waals surface area contributed by atoms with Gasteiger partial charge in [0.15, 0.2) is 11.6 Å². The van der Waals surface area contributed by atoms with Gasteiger partial charge in [0, 0.05) is 0 Å². The number of aliphatic carboxylic acids is 1. The van der Waals surface area contributed by atoms with E-state index in [1.165, 1.54) is 25.3 Å². The third-order valence-electron chi connectivity index (χ3n) is 7.27. The van der Waals surface area contributed by atoms with Crippen LogP contribution in [0.15, 0.2) is 12.1 Å². The molecule has 0 heterocycles. The van der Waals surface area contributed by atoms with E-state index in [2.05, 4.69) is 6.92 Å². The maximum atomic E-state index is 15.1. The lowest BCUT2D eigenvalue weighted by Gasteiger charge is -2.42. The highest BCUT2D eigenvalue weighted by Crippen LogP contribution is 2.49. The molecule has 3 nitrogen and oxygen atoms in total. The number of benzene rings is 1. The standard InChI is InChI=1S/C24H34F2O3/c1-3-13-29-21-12-11-19(22(25)23(21)26)20-14-17(24(27)28)9-10-18(20)16-7-5-15(4-2)6-8-16/h11-12,15-18,20H,3-10,13-14H2,1-2H3,(H,27,28)/t15?,16?,17-,18+,20+/m1/s1. The lowest BCUT2D eigenvalue weighted by atomic mass is 9.62. The summed E-state index contributed by atoms with van der Waals surface area (Å²) in [7, 11) is 0. The van der Waals surface area contributed by atoms with E-state index in [0.717, 1.165) is 25.2 Å². The second-order valence-corrected chi connectivity index (χ2v) is 8.94. The van der Waals surface area contributed by atoms with E-state index in [1.807, 2.05) is 6.92 Å². The summed E-state index contributed by atoms with van der Waals surface area (Å²) in [6.45, 7) is 4.48. The van der Waals surface area contributed by atoms with E-state index >= 15 is 4.39 Å². The minimum absolute atomic E-state index is 0.0568. The van der Waals surface area contributed by atoms with Crippen LogP contribution in [0.2, 0.25) is 0 Å². The molecule has 2 fully saturated rings. The van der Waals surface area contributed by atoms with Gasteiger partial charge in [-0.3, -0.25) is 4.79 Å². The Labute approximate surface area is 172 Å². The number of carboxylic acids is 1. The Hall–Kier alpha value is -1.65. The smallest absolute Gasteiger partial charge is 0.306 e. The van der Waals surface area contributed by atoms with Crippen LogP contribution < -0.4 is 4.74 Å². The zero-order valence-electron chi connectivity index (χ0n) is 17.6. The molecule has 1 aromatic rings. The summed E-state index contributed by atoms with van der Waals surface area (Å²) >= 11 is 0. The molecular formula is C24H34F2O3. The minimum atomic E-state index is -0.943. The Morgan fingerprint density at radius 3 is 2.41 bits per heavy atom. The minimum Gasteiger partial charge on any atom is -0.490 e. The van der Waals surface area contributed by atoms with Crippen LogP contribution in [0.1, 0.15) is 83.1 Å². The van der Waals surface area contributed by atoms with Crippen LogP contribution in [0.3, 0.4) is 0 Å². The summed E-state index contributed by atoms with van der Waals surface area (Å²) in [5.74, 6) is -1.96. The monoisotopic (exact) mass is 408 g/mol. The van der Waals surface area contributed by atoms with Crippen molar-refractivity contribution in [3.05, 3.63) is 29.3 Å². The Bertz CT molecular complexity index is 698. The van der Waals surface area contributed by atoms with Gasteiger partial charge in [0.05, 0.1) is 12.5 Å². The Morgan fingerprint density at radius 1 is 1.07 bits per heavy atom. The van der Waals surface area contributed by atoms with Crippen molar-refractivity contribution < 1.29 is 23.4 Å². The third kappa shape index (κ3) is 4.92. The van der Waals surface area contributed by atoms with Gasteiger partial charge >= 0.3 is 5.97 Å². The fourth-order valence-corrected chi connectivity index (χ4v) is 5.52. The second-order valence-electron chi connectivity index (χ2n) is 8.94. The molecule has 0 aromatic heterocycles. The van der Waals surface area contributed by atoms with E-state index in [9.17, 15) is 14.3 Å². The molecule has 3 rings (SSSR count). The molecule has 0 saturated heterocycles. The molecule has 162 valence electrons. The molecule has 0 aliphatic heterocycles. The predicted octanol–water partition coefficient (Wildman–Crippen LogP) is 6.55. The fraction of sp³-hybridized carbons (Fsp3) is 0.708.